The van der Waals surface area contributed by atoms with Crippen LogP contribution in [-0.4, -0.2) is 65.2 Å². The summed E-state index contributed by atoms with van der Waals surface area (Å²) in [6.45, 7) is 2.23. The van der Waals surface area contributed by atoms with Crippen molar-refractivity contribution in [1.29, 1.82) is 0 Å². The van der Waals surface area contributed by atoms with Crippen molar-refractivity contribution in [3.8, 4) is 0 Å². The van der Waals surface area contributed by atoms with Crippen LogP contribution >= 0.6 is 0 Å². The Balaban J connectivity index is 1.99. The molecule has 1 fully saturated rings. The number of amides is 1. The molecule has 0 unspecified atom stereocenters. The fourth-order valence-corrected chi connectivity index (χ4v) is 3.32. The van der Waals surface area contributed by atoms with Gasteiger partial charge in [-0.15, -0.1) is 0 Å². The second-order valence-corrected chi connectivity index (χ2v) is 6.61. The summed E-state index contributed by atoms with van der Waals surface area (Å²) in [6, 6.07) is 2.66. The Bertz CT molecular complexity index is 591. The van der Waals surface area contributed by atoms with E-state index in [4.69, 9.17) is 13.9 Å². The summed E-state index contributed by atoms with van der Waals surface area (Å²) in [4.78, 5) is 11.9. The molecule has 0 atom stereocenters. The van der Waals surface area contributed by atoms with Crippen molar-refractivity contribution < 1.29 is 27.1 Å². The molecule has 1 aliphatic heterocycles. The number of nitrogens with zero attached hydrogens (tertiary/aromatic N) is 1. The first-order chi connectivity index (χ1) is 10.6. The maximum Gasteiger partial charge on any atom is 0.287 e. The van der Waals surface area contributed by atoms with E-state index in [0.717, 1.165) is 0 Å². The minimum Gasteiger partial charge on any atom is -0.438 e. The second-order valence-electron chi connectivity index (χ2n) is 4.74. The van der Waals surface area contributed by atoms with Crippen LogP contribution < -0.4 is 5.32 Å². The predicted molar refractivity (Wildman–Crippen MR) is 77.1 cm³/mol. The van der Waals surface area contributed by atoms with E-state index in [0.29, 0.717) is 32.8 Å². The first-order valence-corrected chi connectivity index (χ1v) is 8.44. The summed E-state index contributed by atoms with van der Waals surface area (Å²) in [5.41, 5.74) is 0. The highest BCUT2D eigenvalue weighted by molar-refractivity contribution is 7.89. The zero-order valence-electron chi connectivity index (χ0n) is 12.4. The monoisotopic (exact) mass is 332 g/mol. The van der Waals surface area contributed by atoms with Gasteiger partial charge in [-0.05, 0) is 18.6 Å². The Labute approximate surface area is 129 Å². The molecule has 1 aromatic heterocycles. The highest BCUT2D eigenvalue weighted by Crippen LogP contribution is 2.19. The molecule has 9 heteroatoms. The average molecular weight is 332 g/mol. The van der Waals surface area contributed by atoms with Gasteiger partial charge in [-0.3, -0.25) is 4.79 Å². The molecule has 2 heterocycles. The van der Waals surface area contributed by atoms with Crippen molar-refractivity contribution >= 4 is 15.9 Å². The fourth-order valence-electron chi connectivity index (χ4n) is 2.00. The number of nitrogens with one attached hydrogen (secondary N) is 1. The lowest BCUT2D eigenvalue weighted by Crippen LogP contribution is -2.40. The smallest absolute Gasteiger partial charge is 0.287 e. The molecule has 1 aromatic rings. The summed E-state index contributed by atoms with van der Waals surface area (Å²) < 4.78 is 41.2. The van der Waals surface area contributed by atoms with Gasteiger partial charge in [-0.1, -0.05) is 0 Å². The van der Waals surface area contributed by atoms with E-state index in [-0.39, 0.29) is 23.9 Å². The van der Waals surface area contributed by atoms with Crippen LogP contribution in [0.2, 0.25) is 0 Å². The quantitative estimate of drug-likeness (QED) is 0.710. The molecule has 0 aliphatic carbocycles. The van der Waals surface area contributed by atoms with E-state index in [1.807, 2.05) is 0 Å². The van der Waals surface area contributed by atoms with Gasteiger partial charge in [0.1, 0.15) is 0 Å². The van der Waals surface area contributed by atoms with Gasteiger partial charge in [0.25, 0.3) is 15.9 Å². The molecule has 0 aromatic carbocycles. The van der Waals surface area contributed by atoms with E-state index < -0.39 is 15.9 Å². The predicted octanol–water partition coefficient (Wildman–Crippen LogP) is 0.0668. The Morgan fingerprint density at radius 2 is 2.09 bits per heavy atom. The third-order valence-corrected chi connectivity index (χ3v) is 4.95. The largest absolute Gasteiger partial charge is 0.438 e. The Morgan fingerprint density at radius 1 is 1.36 bits per heavy atom. The van der Waals surface area contributed by atoms with Crippen LogP contribution in [0.15, 0.2) is 21.6 Å². The number of furan rings is 1. The van der Waals surface area contributed by atoms with Crippen LogP contribution in [-0.2, 0) is 19.5 Å². The molecule has 124 valence electrons. The van der Waals surface area contributed by atoms with Gasteiger partial charge in [0.2, 0.25) is 5.09 Å². The first kappa shape index (κ1) is 16.9. The van der Waals surface area contributed by atoms with E-state index in [1.165, 1.54) is 16.4 Å². The number of methoxy groups -OCH3 is 1. The summed E-state index contributed by atoms with van der Waals surface area (Å²) in [5, 5.41) is 2.41. The van der Waals surface area contributed by atoms with Crippen molar-refractivity contribution in [1.82, 2.24) is 9.62 Å². The second kappa shape index (κ2) is 7.73. The van der Waals surface area contributed by atoms with Crippen LogP contribution in [0.25, 0.3) is 0 Å². The minimum absolute atomic E-state index is 0.0238. The topological polar surface area (TPSA) is 98.1 Å². The molecule has 22 heavy (non-hydrogen) atoms. The molecule has 1 N–H and O–H groups in total. The minimum atomic E-state index is -3.72. The van der Waals surface area contributed by atoms with Crippen molar-refractivity contribution in [2.45, 2.75) is 11.5 Å². The Morgan fingerprint density at radius 3 is 2.77 bits per heavy atom. The highest BCUT2D eigenvalue weighted by atomic mass is 32.2. The lowest BCUT2D eigenvalue weighted by molar-refractivity contribution is 0.0722. The Hall–Kier alpha value is -1.42. The normalized spacial score (nSPS) is 16.6. The first-order valence-electron chi connectivity index (χ1n) is 7.00. The zero-order chi connectivity index (χ0) is 16.0. The van der Waals surface area contributed by atoms with E-state index in [2.05, 4.69) is 5.32 Å². The third-order valence-electron chi connectivity index (χ3n) is 3.18. The van der Waals surface area contributed by atoms with Crippen molar-refractivity contribution in [2.24, 2.45) is 0 Å². The summed E-state index contributed by atoms with van der Waals surface area (Å²) >= 11 is 0. The number of morpholine rings is 1. The van der Waals surface area contributed by atoms with Crippen LogP contribution in [0.4, 0.5) is 0 Å². The lowest BCUT2D eigenvalue weighted by Gasteiger charge is -2.24. The van der Waals surface area contributed by atoms with Gasteiger partial charge in [-0.25, -0.2) is 8.42 Å². The molecule has 0 spiro atoms. The number of sulfonamides is 1. The number of ether oxygens (including phenoxy) is 2. The van der Waals surface area contributed by atoms with E-state index in [1.54, 1.807) is 7.11 Å². The standard InChI is InChI=1S/C13H20N2O6S/c1-19-8-2-5-14-13(16)11-3-4-12(21-11)22(17,18)15-6-9-20-10-7-15/h3-4H,2,5-10H2,1H3,(H,14,16). The molecule has 1 saturated heterocycles. The van der Waals surface area contributed by atoms with Gasteiger partial charge in [0.05, 0.1) is 13.2 Å². The van der Waals surface area contributed by atoms with Gasteiger partial charge in [-0.2, -0.15) is 4.31 Å². The fraction of sp³-hybridized carbons (Fsp3) is 0.615. The molecule has 1 amide bonds. The third kappa shape index (κ3) is 4.07. The SMILES string of the molecule is COCCCNC(=O)c1ccc(S(=O)(=O)N2CCOCC2)o1. The summed E-state index contributed by atoms with van der Waals surface area (Å²) in [7, 11) is -2.14. The summed E-state index contributed by atoms with van der Waals surface area (Å²) in [6.07, 6.45) is 0.669. The number of hydrogen-bond acceptors (Lipinski definition) is 6. The van der Waals surface area contributed by atoms with E-state index >= 15 is 0 Å². The van der Waals surface area contributed by atoms with Gasteiger partial charge >= 0.3 is 0 Å². The van der Waals surface area contributed by atoms with Gasteiger partial charge < -0.3 is 19.2 Å². The number of rotatable bonds is 7. The molecule has 1 aliphatic rings. The van der Waals surface area contributed by atoms with Crippen LogP contribution in [0, 0.1) is 0 Å². The van der Waals surface area contributed by atoms with Crippen LogP contribution in [0.3, 0.4) is 0 Å². The van der Waals surface area contributed by atoms with Crippen molar-refractivity contribution in [3.63, 3.8) is 0 Å². The molecule has 0 saturated carbocycles. The molecule has 2 rings (SSSR count). The van der Waals surface area contributed by atoms with E-state index in [9.17, 15) is 13.2 Å². The summed E-state index contributed by atoms with van der Waals surface area (Å²) in [5.74, 6) is -0.469. The zero-order valence-corrected chi connectivity index (χ0v) is 13.2. The molecular formula is C13H20N2O6S. The van der Waals surface area contributed by atoms with Gasteiger partial charge in [0, 0.05) is 33.4 Å². The molecule has 8 nitrogen and oxygen atoms in total. The molecule has 0 radical (unpaired) electrons. The van der Waals surface area contributed by atoms with Gasteiger partial charge in [0.15, 0.2) is 5.76 Å². The molecule has 0 bridgehead atoms. The highest BCUT2D eigenvalue weighted by Gasteiger charge is 2.29. The number of hydrogen-bond donors (Lipinski definition) is 1. The van der Waals surface area contributed by atoms with Crippen LogP contribution in [0.5, 0.6) is 0 Å². The van der Waals surface area contributed by atoms with Crippen LogP contribution in [0.1, 0.15) is 17.0 Å². The lowest BCUT2D eigenvalue weighted by atomic mass is 10.4. The Kier molecular flexibility index (Phi) is 5.95. The molecular weight excluding hydrogens is 312 g/mol. The number of carbonyl (C=O) groups is 1. The maximum atomic E-state index is 12.4. The van der Waals surface area contributed by atoms with Crippen molar-refractivity contribution in [2.75, 3.05) is 46.6 Å². The average Bonchev–Trinajstić information content (AvgIpc) is 3.03. The van der Waals surface area contributed by atoms with Crippen molar-refractivity contribution in [3.05, 3.63) is 17.9 Å². The number of carbonyl (C=O) groups excluding carboxylic acids is 1. The maximum absolute atomic E-state index is 12.4.